The van der Waals surface area contributed by atoms with Gasteiger partial charge in [-0.3, -0.25) is 9.59 Å². The molecule has 1 aromatic heterocycles. The zero-order valence-electron chi connectivity index (χ0n) is 19.5. The van der Waals surface area contributed by atoms with Gasteiger partial charge in [0.1, 0.15) is 18.2 Å². The second-order valence-electron chi connectivity index (χ2n) is 8.69. The van der Waals surface area contributed by atoms with E-state index in [2.05, 4.69) is 14.9 Å². The molecule has 9 heteroatoms. The van der Waals surface area contributed by atoms with Crippen LogP contribution in [0.1, 0.15) is 0 Å². The molecule has 8 nitrogen and oxygen atoms in total. The number of hydrogen-bond donors (Lipinski definition) is 0. The van der Waals surface area contributed by atoms with E-state index in [1.165, 1.54) is 16.8 Å². The van der Waals surface area contributed by atoms with Gasteiger partial charge >= 0.3 is 0 Å². The highest BCUT2D eigenvalue weighted by Gasteiger charge is 2.24. The Labute approximate surface area is 203 Å². The van der Waals surface area contributed by atoms with Gasteiger partial charge in [0.15, 0.2) is 0 Å². The molecule has 0 N–H and O–H groups in total. The van der Waals surface area contributed by atoms with E-state index in [1.54, 1.807) is 17.0 Å². The number of halogens is 1. The highest BCUT2D eigenvalue weighted by atomic mass is 19.1. The number of hydrogen-bond acceptors (Lipinski definition) is 6. The molecule has 5 rings (SSSR count). The van der Waals surface area contributed by atoms with Crippen molar-refractivity contribution in [1.29, 1.82) is 0 Å². The molecule has 0 saturated carbocycles. The van der Waals surface area contributed by atoms with Gasteiger partial charge in [-0.25, -0.2) is 9.07 Å². The van der Waals surface area contributed by atoms with Crippen LogP contribution in [0.3, 0.4) is 0 Å². The third-order valence-corrected chi connectivity index (χ3v) is 6.49. The molecule has 182 valence electrons. The molecule has 0 atom stereocenters. The normalized spacial score (nSPS) is 16.4. The van der Waals surface area contributed by atoms with Crippen molar-refractivity contribution in [3.05, 3.63) is 76.8 Å². The van der Waals surface area contributed by atoms with Crippen molar-refractivity contribution in [1.82, 2.24) is 14.7 Å². The molecule has 0 radical (unpaired) electrons. The first kappa shape index (κ1) is 23.0. The Morgan fingerprint density at radius 2 is 1.57 bits per heavy atom. The molecule has 0 bridgehead atoms. The SMILES string of the molecule is O=C(Cn1nc(N2CCOCC2)cc(-c2ccccc2)c1=O)N1CCN(c2ccc(F)cc2)CC1. The second kappa shape index (κ2) is 10.3. The number of ether oxygens (including phenoxy) is 1. The topological polar surface area (TPSA) is 70.9 Å². The van der Waals surface area contributed by atoms with E-state index >= 15 is 0 Å². The van der Waals surface area contributed by atoms with E-state index in [9.17, 15) is 14.0 Å². The molecule has 2 saturated heterocycles. The number of carbonyl (C=O) groups is 1. The molecule has 0 unspecified atom stereocenters. The summed E-state index contributed by atoms with van der Waals surface area (Å²) in [5.74, 6) is 0.256. The zero-order valence-corrected chi connectivity index (χ0v) is 19.5. The van der Waals surface area contributed by atoms with Gasteiger partial charge in [-0.1, -0.05) is 30.3 Å². The maximum Gasteiger partial charge on any atom is 0.275 e. The van der Waals surface area contributed by atoms with E-state index in [0.29, 0.717) is 63.9 Å². The number of amides is 1. The number of nitrogens with zero attached hydrogens (tertiary/aromatic N) is 5. The van der Waals surface area contributed by atoms with Crippen LogP contribution in [-0.4, -0.2) is 73.1 Å². The van der Waals surface area contributed by atoms with Crippen molar-refractivity contribution < 1.29 is 13.9 Å². The van der Waals surface area contributed by atoms with Gasteiger partial charge in [-0.15, -0.1) is 0 Å². The van der Waals surface area contributed by atoms with Crippen molar-refractivity contribution in [2.45, 2.75) is 6.54 Å². The Bertz CT molecular complexity index is 1220. The molecular formula is C26H28FN5O3. The lowest BCUT2D eigenvalue weighted by Crippen LogP contribution is -2.50. The number of rotatable bonds is 5. The third-order valence-electron chi connectivity index (χ3n) is 6.49. The van der Waals surface area contributed by atoms with Crippen molar-refractivity contribution >= 4 is 17.4 Å². The summed E-state index contributed by atoms with van der Waals surface area (Å²) in [6, 6.07) is 17.7. The Kier molecular flexibility index (Phi) is 6.76. The first-order valence-electron chi connectivity index (χ1n) is 11.9. The van der Waals surface area contributed by atoms with E-state index in [4.69, 9.17) is 4.74 Å². The van der Waals surface area contributed by atoms with Crippen LogP contribution >= 0.6 is 0 Å². The summed E-state index contributed by atoms with van der Waals surface area (Å²) in [6.45, 7) is 4.77. The molecule has 3 heterocycles. The van der Waals surface area contributed by atoms with Crippen LogP contribution in [0, 0.1) is 5.82 Å². The minimum Gasteiger partial charge on any atom is -0.378 e. The van der Waals surface area contributed by atoms with Gasteiger partial charge in [-0.2, -0.15) is 5.10 Å². The summed E-state index contributed by atoms with van der Waals surface area (Å²) < 4.78 is 20.0. The fourth-order valence-electron chi connectivity index (χ4n) is 4.50. The number of anilines is 2. The third kappa shape index (κ3) is 5.19. The Hall–Kier alpha value is -3.72. The van der Waals surface area contributed by atoms with E-state index in [-0.39, 0.29) is 23.8 Å². The van der Waals surface area contributed by atoms with E-state index in [1.807, 2.05) is 36.4 Å². The number of benzene rings is 2. The van der Waals surface area contributed by atoms with Crippen molar-refractivity contribution in [2.24, 2.45) is 0 Å². The van der Waals surface area contributed by atoms with E-state index in [0.717, 1.165) is 11.3 Å². The largest absolute Gasteiger partial charge is 0.378 e. The van der Waals surface area contributed by atoms with Gasteiger partial charge in [0, 0.05) is 45.0 Å². The second-order valence-corrected chi connectivity index (χ2v) is 8.69. The first-order valence-corrected chi connectivity index (χ1v) is 11.9. The molecule has 0 aliphatic carbocycles. The average molecular weight is 478 g/mol. The Balaban J connectivity index is 1.34. The average Bonchev–Trinajstić information content (AvgIpc) is 2.91. The molecule has 2 aliphatic heterocycles. The number of piperazine rings is 1. The van der Waals surface area contributed by atoms with Crippen LogP contribution in [0.4, 0.5) is 15.9 Å². The van der Waals surface area contributed by atoms with Crippen LogP contribution < -0.4 is 15.4 Å². The standard InChI is InChI=1S/C26H28FN5O3/c27-21-6-8-22(9-7-21)29-10-12-31(13-11-29)25(33)19-32-26(34)23(20-4-2-1-3-5-20)18-24(28-32)30-14-16-35-17-15-30/h1-9,18H,10-17,19H2. The smallest absolute Gasteiger partial charge is 0.275 e. The lowest BCUT2D eigenvalue weighted by molar-refractivity contribution is -0.132. The number of morpholine rings is 1. The van der Waals surface area contributed by atoms with Gasteiger partial charge in [0.2, 0.25) is 5.91 Å². The fourth-order valence-corrected chi connectivity index (χ4v) is 4.50. The monoisotopic (exact) mass is 477 g/mol. The van der Waals surface area contributed by atoms with Gasteiger partial charge < -0.3 is 19.4 Å². The minimum absolute atomic E-state index is 0.118. The Morgan fingerprint density at radius 1 is 0.886 bits per heavy atom. The van der Waals surface area contributed by atoms with Crippen molar-refractivity contribution in [3.8, 4) is 11.1 Å². The van der Waals surface area contributed by atoms with E-state index < -0.39 is 0 Å². The van der Waals surface area contributed by atoms with Gasteiger partial charge in [0.05, 0.1) is 18.8 Å². The quantitative estimate of drug-likeness (QED) is 0.562. The minimum atomic E-state index is -0.286. The van der Waals surface area contributed by atoms with Crippen LogP contribution in [0.15, 0.2) is 65.5 Å². The predicted octanol–water partition coefficient (Wildman–Crippen LogP) is 2.23. The lowest BCUT2D eigenvalue weighted by atomic mass is 10.1. The zero-order chi connectivity index (χ0) is 24.2. The summed E-state index contributed by atoms with van der Waals surface area (Å²) in [6.07, 6.45) is 0. The summed E-state index contributed by atoms with van der Waals surface area (Å²) in [5, 5.41) is 4.57. The molecule has 1 amide bonds. The Morgan fingerprint density at radius 3 is 2.26 bits per heavy atom. The first-order chi connectivity index (χ1) is 17.1. The molecule has 2 aliphatic rings. The molecule has 2 fully saturated rings. The molecular weight excluding hydrogens is 449 g/mol. The van der Waals surface area contributed by atoms with Gasteiger partial charge in [-0.05, 0) is 35.9 Å². The maximum absolute atomic E-state index is 13.3. The van der Waals surface area contributed by atoms with Crippen LogP contribution in [0.25, 0.3) is 11.1 Å². The molecule has 3 aromatic rings. The summed E-state index contributed by atoms with van der Waals surface area (Å²) >= 11 is 0. The van der Waals surface area contributed by atoms with Crippen LogP contribution in [0.5, 0.6) is 0 Å². The van der Waals surface area contributed by atoms with Crippen molar-refractivity contribution in [2.75, 3.05) is 62.3 Å². The maximum atomic E-state index is 13.3. The lowest BCUT2D eigenvalue weighted by Gasteiger charge is -2.36. The molecule has 2 aromatic carbocycles. The van der Waals surface area contributed by atoms with Crippen LogP contribution in [-0.2, 0) is 16.1 Å². The van der Waals surface area contributed by atoms with Crippen LogP contribution in [0.2, 0.25) is 0 Å². The summed E-state index contributed by atoms with van der Waals surface area (Å²) in [7, 11) is 0. The molecule has 0 spiro atoms. The number of aromatic nitrogens is 2. The summed E-state index contributed by atoms with van der Waals surface area (Å²) in [5.41, 5.74) is 1.97. The highest BCUT2D eigenvalue weighted by Crippen LogP contribution is 2.21. The number of carbonyl (C=O) groups excluding carboxylic acids is 1. The molecule has 35 heavy (non-hydrogen) atoms. The van der Waals surface area contributed by atoms with Gasteiger partial charge in [0.25, 0.3) is 5.56 Å². The summed E-state index contributed by atoms with van der Waals surface area (Å²) in [4.78, 5) is 32.5. The van der Waals surface area contributed by atoms with Crippen molar-refractivity contribution in [3.63, 3.8) is 0 Å². The predicted molar refractivity (Wildman–Crippen MR) is 132 cm³/mol. The highest BCUT2D eigenvalue weighted by molar-refractivity contribution is 5.76. The fraction of sp³-hybridized carbons (Fsp3) is 0.346.